The number of aliphatic hydroxyl groups excluding tert-OH is 2. The van der Waals surface area contributed by atoms with Gasteiger partial charge in [-0.25, -0.2) is 0 Å². The zero-order valence-corrected chi connectivity index (χ0v) is 10.9. The molecule has 0 spiro atoms. The van der Waals surface area contributed by atoms with Gasteiger partial charge in [0.05, 0.1) is 12.7 Å². The fraction of sp³-hybridized carbons (Fsp3) is 0.571. The van der Waals surface area contributed by atoms with E-state index in [0.717, 1.165) is 12.0 Å². The lowest BCUT2D eigenvalue weighted by Gasteiger charge is -2.32. The Kier molecular flexibility index (Phi) is 5.12. The highest BCUT2D eigenvalue weighted by Gasteiger charge is 2.25. The predicted molar refractivity (Wildman–Crippen MR) is 69.8 cm³/mol. The second-order valence-electron chi connectivity index (χ2n) is 5.06. The van der Waals surface area contributed by atoms with E-state index in [1.807, 2.05) is 51.1 Å². The lowest BCUT2D eigenvalue weighted by atomic mass is 9.96. The van der Waals surface area contributed by atoms with Crippen molar-refractivity contribution in [3.05, 3.63) is 35.9 Å². The summed E-state index contributed by atoms with van der Waals surface area (Å²) in [7, 11) is 0. The molecule has 0 aliphatic heterocycles. The van der Waals surface area contributed by atoms with Crippen molar-refractivity contribution in [1.82, 2.24) is 5.32 Å². The number of benzene rings is 1. The summed E-state index contributed by atoms with van der Waals surface area (Å²) in [5, 5.41) is 22.8. The van der Waals surface area contributed by atoms with Crippen molar-refractivity contribution < 1.29 is 10.2 Å². The van der Waals surface area contributed by atoms with Gasteiger partial charge in [0.15, 0.2) is 0 Å². The maximum absolute atomic E-state index is 10.3. The van der Waals surface area contributed by atoms with Gasteiger partial charge in [-0.15, -0.1) is 0 Å². The van der Waals surface area contributed by atoms with Gasteiger partial charge in [0.1, 0.15) is 0 Å². The van der Waals surface area contributed by atoms with Crippen LogP contribution in [0.1, 0.15) is 38.9 Å². The van der Waals surface area contributed by atoms with Gasteiger partial charge in [-0.3, -0.25) is 0 Å². The van der Waals surface area contributed by atoms with E-state index in [0.29, 0.717) is 0 Å². The second kappa shape index (κ2) is 6.15. The topological polar surface area (TPSA) is 52.5 Å². The molecular weight excluding hydrogens is 214 g/mol. The summed E-state index contributed by atoms with van der Waals surface area (Å²) < 4.78 is 0. The van der Waals surface area contributed by atoms with Crippen molar-refractivity contribution >= 4 is 0 Å². The Morgan fingerprint density at radius 3 is 2.29 bits per heavy atom. The summed E-state index contributed by atoms with van der Waals surface area (Å²) in [5.74, 6) is 0. The van der Waals surface area contributed by atoms with Crippen molar-refractivity contribution in [3.8, 4) is 0 Å². The Labute approximate surface area is 103 Å². The maximum Gasteiger partial charge on any atom is 0.0943 e. The molecule has 0 amide bonds. The normalized spacial score (nSPS) is 15.6. The van der Waals surface area contributed by atoms with E-state index in [-0.39, 0.29) is 18.2 Å². The minimum atomic E-state index is -0.549. The third kappa shape index (κ3) is 4.11. The van der Waals surface area contributed by atoms with E-state index in [1.54, 1.807) is 0 Å². The lowest BCUT2D eigenvalue weighted by Crippen LogP contribution is -2.50. The van der Waals surface area contributed by atoms with E-state index >= 15 is 0 Å². The van der Waals surface area contributed by atoms with Gasteiger partial charge in [0.2, 0.25) is 0 Å². The molecule has 1 aromatic carbocycles. The molecule has 2 unspecified atom stereocenters. The van der Waals surface area contributed by atoms with E-state index in [1.165, 1.54) is 0 Å². The van der Waals surface area contributed by atoms with E-state index in [9.17, 15) is 10.2 Å². The molecule has 0 saturated heterocycles. The first kappa shape index (κ1) is 14.2. The van der Waals surface area contributed by atoms with Crippen LogP contribution in [0.5, 0.6) is 0 Å². The summed E-state index contributed by atoms with van der Waals surface area (Å²) in [6.07, 6.45) is 0.256. The third-order valence-corrected chi connectivity index (χ3v) is 2.93. The molecule has 1 rings (SSSR count). The first-order valence-electron chi connectivity index (χ1n) is 6.11. The predicted octanol–water partition coefficient (Wildman–Crippen LogP) is 1.86. The van der Waals surface area contributed by atoms with Crippen LogP contribution in [0, 0.1) is 0 Å². The van der Waals surface area contributed by atoms with E-state index < -0.39 is 6.10 Å². The largest absolute Gasteiger partial charge is 0.394 e. The van der Waals surface area contributed by atoms with Crippen LogP contribution in [0.2, 0.25) is 0 Å². The highest BCUT2D eigenvalue weighted by atomic mass is 16.3. The van der Waals surface area contributed by atoms with Crippen molar-refractivity contribution in [2.45, 2.75) is 44.9 Å². The highest BCUT2D eigenvalue weighted by Crippen LogP contribution is 2.20. The average Bonchev–Trinajstić information content (AvgIpc) is 2.36. The Bertz CT molecular complexity index is 324. The molecular formula is C14H23NO2. The molecule has 0 fully saturated rings. The smallest absolute Gasteiger partial charge is 0.0943 e. The number of hydrogen-bond donors (Lipinski definition) is 3. The van der Waals surface area contributed by atoms with Crippen LogP contribution in [-0.4, -0.2) is 28.4 Å². The highest BCUT2D eigenvalue weighted by molar-refractivity contribution is 5.19. The summed E-state index contributed by atoms with van der Waals surface area (Å²) in [6, 6.07) is 9.55. The molecule has 3 nitrogen and oxygen atoms in total. The van der Waals surface area contributed by atoms with Crippen molar-refractivity contribution in [3.63, 3.8) is 0 Å². The van der Waals surface area contributed by atoms with Gasteiger partial charge in [-0.05, 0) is 25.8 Å². The first-order chi connectivity index (χ1) is 8.00. The maximum atomic E-state index is 10.3. The molecule has 0 bridgehead atoms. The van der Waals surface area contributed by atoms with Crippen LogP contribution in [0.25, 0.3) is 0 Å². The Morgan fingerprint density at radius 1 is 1.24 bits per heavy atom. The molecule has 2 atom stereocenters. The molecule has 3 heteroatoms. The van der Waals surface area contributed by atoms with Gasteiger partial charge in [0, 0.05) is 11.6 Å². The number of aliphatic hydroxyl groups is 2. The summed E-state index contributed by atoms with van der Waals surface area (Å²) in [6.45, 7) is 5.92. The van der Waals surface area contributed by atoms with Gasteiger partial charge >= 0.3 is 0 Å². The standard InChI is InChI=1S/C14H23NO2/c1-4-12(15-14(2,3)10-16)13(17)11-8-6-5-7-9-11/h5-9,12-13,15-17H,4,10H2,1-3H3. The van der Waals surface area contributed by atoms with E-state index in [4.69, 9.17) is 0 Å². The van der Waals surface area contributed by atoms with Crippen molar-refractivity contribution in [2.24, 2.45) is 0 Å². The molecule has 17 heavy (non-hydrogen) atoms. The zero-order chi connectivity index (χ0) is 12.9. The number of nitrogens with one attached hydrogen (secondary N) is 1. The number of hydrogen-bond acceptors (Lipinski definition) is 3. The minimum absolute atomic E-state index is 0.0466. The van der Waals surface area contributed by atoms with Gasteiger partial charge < -0.3 is 15.5 Å². The monoisotopic (exact) mass is 237 g/mol. The SMILES string of the molecule is CCC(NC(C)(C)CO)C(O)c1ccccc1. The molecule has 0 aromatic heterocycles. The average molecular weight is 237 g/mol. The lowest BCUT2D eigenvalue weighted by molar-refractivity contribution is 0.0899. The van der Waals surface area contributed by atoms with Gasteiger partial charge in [-0.2, -0.15) is 0 Å². The van der Waals surface area contributed by atoms with Crippen LogP contribution in [0.4, 0.5) is 0 Å². The van der Waals surface area contributed by atoms with E-state index in [2.05, 4.69) is 5.32 Å². The second-order valence-corrected chi connectivity index (χ2v) is 5.06. The molecule has 0 radical (unpaired) electrons. The third-order valence-electron chi connectivity index (χ3n) is 2.93. The van der Waals surface area contributed by atoms with Crippen molar-refractivity contribution in [2.75, 3.05) is 6.61 Å². The number of rotatable bonds is 6. The molecule has 0 saturated carbocycles. The summed E-state index contributed by atoms with van der Waals surface area (Å²) in [5.41, 5.74) is 0.525. The van der Waals surface area contributed by atoms with Crippen LogP contribution in [0.15, 0.2) is 30.3 Å². The molecule has 96 valence electrons. The Morgan fingerprint density at radius 2 is 1.82 bits per heavy atom. The van der Waals surface area contributed by atoms with Crippen LogP contribution >= 0.6 is 0 Å². The van der Waals surface area contributed by atoms with Crippen LogP contribution < -0.4 is 5.32 Å². The van der Waals surface area contributed by atoms with Crippen molar-refractivity contribution in [1.29, 1.82) is 0 Å². The molecule has 1 aromatic rings. The fourth-order valence-electron chi connectivity index (χ4n) is 1.83. The molecule has 0 aliphatic rings. The summed E-state index contributed by atoms with van der Waals surface area (Å²) in [4.78, 5) is 0. The van der Waals surface area contributed by atoms with Crippen LogP contribution in [-0.2, 0) is 0 Å². The zero-order valence-electron chi connectivity index (χ0n) is 10.9. The molecule has 0 aliphatic carbocycles. The summed E-state index contributed by atoms with van der Waals surface area (Å²) >= 11 is 0. The quantitative estimate of drug-likeness (QED) is 0.708. The van der Waals surface area contributed by atoms with Gasteiger partial charge in [-0.1, -0.05) is 37.3 Å². The van der Waals surface area contributed by atoms with Gasteiger partial charge in [0.25, 0.3) is 0 Å². The molecule has 3 N–H and O–H groups in total. The Balaban J connectivity index is 2.74. The minimum Gasteiger partial charge on any atom is -0.394 e. The fourth-order valence-corrected chi connectivity index (χ4v) is 1.83. The first-order valence-corrected chi connectivity index (χ1v) is 6.11. The Hall–Kier alpha value is -0.900. The molecule has 0 heterocycles. The van der Waals surface area contributed by atoms with Crippen LogP contribution in [0.3, 0.4) is 0 Å².